The summed E-state index contributed by atoms with van der Waals surface area (Å²) in [6.45, 7) is 4.10. The molecular weight excluding hydrogens is 174 g/mol. The van der Waals surface area contributed by atoms with Gasteiger partial charge in [-0.25, -0.2) is 0 Å². The Bertz CT molecular complexity index is 331. The first-order valence-corrected chi connectivity index (χ1v) is 4.75. The molecule has 0 saturated heterocycles. The summed E-state index contributed by atoms with van der Waals surface area (Å²) in [7, 11) is 3.83. The molecule has 0 aliphatic heterocycles. The molecule has 0 saturated carbocycles. The lowest BCUT2D eigenvalue weighted by molar-refractivity contribution is -0.111. The van der Waals surface area contributed by atoms with Crippen molar-refractivity contribution in [2.75, 3.05) is 14.1 Å². The van der Waals surface area contributed by atoms with Crippen molar-refractivity contribution < 1.29 is 4.79 Å². The summed E-state index contributed by atoms with van der Waals surface area (Å²) >= 11 is 0. The number of carbonyl (C=O) groups is 1. The Kier molecular flexibility index (Phi) is 3.42. The van der Waals surface area contributed by atoms with Crippen molar-refractivity contribution in [3.8, 4) is 0 Å². The van der Waals surface area contributed by atoms with Crippen LogP contribution < -0.4 is 0 Å². The van der Waals surface area contributed by atoms with Crippen LogP contribution in [0.3, 0.4) is 0 Å². The van der Waals surface area contributed by atoms with Gasteiger partial charge in [0.05, 0.1) is 6.04 Å². The summed E-state index contributed by atoms with van der Waals surface area (Å²) < 4.78 is 0. The Labute approximate surface area is 85.5 Å². The van der Waals surface area contributed by atoms with E-state index in [9.17, 15) is 4.79 Å². The lowest BCUT2D eigenvalue weighted by Gasteiger charge is -2.20. The minimum Gasteiger partial charge on any atom is -0.301 e. The van der Waals surface area contributed by atoms with Gasteiger partial charge in [0.2, 0.25) is 0 Å². The summed E-state index contributed by atoms with van der Waals surface area (Å²) in [6, 6.07) is 6.05. The van der Waals surface area contributed by atoms with Crippen LogP contribution in [0, 0.1) is 13.8 Å². The molecule has 1 aromatic rings. The maximum Gasteiger partial charge on any atom is 0.141 e. The third-order valence-electron chi connectivity index (χ3n) is 2.43. The minimum atomic E-state index is -0.129. The summed E-state index contributed by atoms with van der Waals surface area (Å²) in [6.07, 6.45) is 0.984. The number of rotatable bonds is 3. The third kappa shape index (κ3) is 2.20. The quantitative estimate of drug-likeness (QED) is 0.682. The van der Waals surface area contributed by atoms with E-state index < -0.39 is 0 Å². The molecule has 0 aliphatic rings. The van der Waals surface area contributed by atoms with Crippen molar-refractivity contribution in [3.63, 3.8) is 0 Å². The average Bonchev–Trinajstić information content (AvgIpc) is 2.09. The molecule has 0 fully saturated rings. The molecule has 0 aliphatic carbocycles. The highest BCUT2D eigenvalue weighted by Crippen LogP contribution is 2.20. The fraction of sp³-hybridized carbons (Fsp3) is 0.417. The van der Waals surface area contributed by atoms with E-state index in [1.807, 2.05) is 38.1 Å². The zero-order valence-corrected chi connectivity index (χ0v) is 9.24. The van der Waals surface area contributed by atoms with Crippen LogP contribution >= 0.6 is 0 Å². The molecule has 0 amide bonds. The van der Waals surface area contributed by atoms with E-state index in [4.69, 9.17) is 0 Å². The Hall–Kier alpha value is -1.15. The van der Waals surface area contributed by atoms with Gasteiger partial charge in [0.25, 0.3) is 0 Å². The zero-order chi connectivity index (χ0) is 10.7. The molecule has 1 aromatic carbocycles. The molecule has 2 nitrogen and oxygen atoms in total. The smallest absolute Gasteiger partial charge is 0.141 e. The average molecular weight is 191 g/mol. The van der Waals surface area contributed by atoms with Gasteiger partial charge < -0.3 is 4.79 Å². The topological polar surface area (TPSA) is 20.3 Å². The molecular formula is C12H17NO. The standard InChI is InChI=1S/C12H17NO/c1-9-5-6-11(10(2)7-9)12(8-14)13(3)4/h5-8,12H,1-4H3. The second-order valence-electron chi connectivity index (χ2n) is 3.90. The van der Waals surface area contributed by atoms with E-state index in [0.717, 1.165) is 11.8 Å². The minimum absolute atomic E-state index is 0.129. The summed E-state index contributed by atoms with van der Waals surface area (Å²) in [5.41, 5.74) is 3.50. The number of nitrogens with zero attached hydrogens (tertiary/aromatic N) is 1. The van der Waals surface area contributed by atoms with Crippen LogP contribution in [-0.4, -0.2) is 25.3 Å². The van der Waals surface area contributed by atoms with Gasteiger partial charge in [-0.05, 0) is 39.1 Å². The highest BCUT2D eigenvalue weighted by atomic mass is 16.1. The fourth-order valence-electron chi connectivity index (χ4n) is 1.63. The van der Waals surface area contributed by atoms with Crippen LogP contribution in [0.2, 0.25) is 0 Å². The first kappa shape index (κ1) is 10.9. The van der Waals surface area contributed by atoms with Gasteiger partial charge in [-0.2, -0.15) is 0 Å². The first-order chi connectivity index (χ1) is 6.56. The molecule has 0 bridgehead atoms. The second-order valence-corrected chi connectivity index (χ2v) is 3.90. The van der Waals surface area contributed by atoms with E-state index in [0.29, 0.717) is 0 Å². The van der Waals surface area contributed by atoms with Gasteiger partial charge in [0, 0.05) is 0 Å². The lowest BCUT2D eigenvalue weighted by Crippen LogP contribution is -2.21. The molecule has 76 valence electrons. The monoisotopic (exact) mass is 191 g/mol. The van der Waals surface area contributed by atoms with Gasteiger partial charge in [-0.15, -0.1) is 0 Å². The van der Waals surface area contributed by atoms with Gasteiger partial charge in [-0.3, -0.25) is 4.90 Å². The number of hydrogen-bond donors (Lipinski definition) is 0. The van der Waals surface area contributed by atoms with E-state index >= 15 is 0 Å². The molecule has 0 heterocycles. The van der Waals surface area contributed by atoms with Crippen LogP contribution in [0.1, 0.15) is 22.7 Å². The molecule has 1 rings (SSSR count). The predicted molar refractivity (Wildman–Crippen MR) is 58.4 cm³/mol. The Morgan fingerprint density at radius 3 is 2.36 bits per heavy atom. The van der Waals surface area contributed by atoms with Crippen molar-refractivity contribution in [1.82, 2.24) is 4.90 Å². The van der Waals surface area contributed by atoms with E-state index in [1.165, 1.54) is 11.1 Å². The largest absolute Gasteiger partial charge is 0.301 e. The number of aldehydes is 1. The maximum absolute atomic E-state index is 10.9. The summed E-state index contributed by atoms with van der Waals surface area (Å²) in [5, 5.41) is 0. The van der Waals surface area contributed by atoms with E-state index in [1.54, 1.807) is 0 Å². The number of benzene rings is 1. The van der Waals surface area contributed by atoms with E-state index in [2.05, 4.69) is 13.0 Å². The number of likely N-dealkylation sites (N-methyl/N-ethyl adjacent to an activating group) is 1. The highest BCUT2D eigenvalue weighted by Gasteiger charge is 2.14. The molecule has 0 spiro atoms. The molecule has 14 heavy (non-hydrogen) atoms. The molecule has 1 atom stereocenters. The van der Waals surface area contributed by atoms with Crippen LogP contribution in [0.4, 0.5) is 0 Å². The van der Waals surface area contributed by atoms with Crippen molar-refractivity contribution in [2.24, 2.45) is 0 Å². The zero-order valence-electron chi connectivity index (χ0n) is 9.24. The van der Waals surface area contributed by atoms with Crippen molar-refractivity contribution in [2.45, 2.75) is 19.9 Å². The fourth-order valence-corrected chi connectivity index (χ4v) is 1.63. The highest BCUT2D eigenvalue weighted by molar-refractivity contribution is 5.62. The van der Waals surface area contributed by atoms with Gasteiger partial charge >= 0.3 is 0 Å². The SMILES string of the molecule is Cc1ccc(C(C=O)N(C)C)c(C)c1. The normalized spacial score (nSPS) is 12.9. The Morgan fingerprint density at radius 1 is 1.29 bits per heavy atom. The Balaban J connectivity index is 3.10. The van der Waals surface area contributed by atoms with Gasteiger partial charge in [-0.1, -0.05) is 23.8 Å². The number of hydrogen-bond acceptors (Lipinski definition) is 2. The van der Waals surface area contributed by atoms with Crippen LogP contribution in [0.5, 0.6) is 0 Å². The molecule has 1 unspecified atom stereocenters. The first-order valence-electron chi connectivity index (χ1n) is 4.75. The number of carbonyl (C=O) groups excluding carboxylic acids is 1. The molecule has 2 heteroatoms. The van der Waals surface area contributed by atoms with Crippen LogP contribution in [-0.2, 0) is 4.79 Å². The van der Waals surface area contributed by atoms with Crippen molar-refractivity contribution in [3.05, 3.63) is 34.9 Å². The van der Waals surface area contributed by atoms with E-state index in [-0.39, 0.29) is 6.04 Å². The van der Waals surface area contributed by atoms with Crippen LogP contribution in [0.15, 0.2) is 18.2 Å². The molecule has 0 radical (unpaired) electrons. The van der Waals surface area contributed by atoms with Crippen molar-refractivity contribution >= 4 is 6.29 Å². The Morgan fingerprint density at radius 2 is 1.93 bits per heavy atom. The molecule has 0 N–H and O–H groups in total. The van der Waals surface area contributed by atoms with Crippen molar-refractivity contribution in [1.29, 1.82) is 0 Å². The summed E-state index contributed by atoms with van der Waals surface area (Å²) in [5.74, 6) is 0. The lowest BCUT2D eigenvalue weighted by atomic mass is 9.99. The third-order valence-corrected chi connectivity index (χ3v) is 2.43. The predicted octanol–water partition coefficient (Wildman–Crippen LogP) is 2.11. The number of aryl methyl sites for hydroxylation is 2. The van der Waals surface area contributed by atoms with Gasteiger partial charge in [0.1, 0.15) is 6.29 Å². The van der Waals surface area contributed by atoms with Crippen LogP contribution in [0.25, 0.3) is 0 Å². The maximum atomic E-state index is 10.9. The second kappa shape index (κ2) is 4.38. The molecule has 0 aromatic heterocycles. The van der Waals surface area contributed by atoms with Gasteiger partial charge in [0.15, 0.2) is 0 Å². The summed E-state index contributed by atoms with van der Waals surface area (Å²) in [4.78, 5) is 12.9.